The van der Waals surface area contributed by atoms with E-state index in [0.717, 1.165) is 25.1 Å². The summed E-state index contributed by atoms with van der Waals surface area (Å²) in [6.45, 7) is 6.45. The van der Waals surface area contributed by atoms with E-state index in [1.165, 1.54) is 5.56 Å². The molecule has 0 aromatic heterocycles. The van der Waals surface area contributed by atoms with Crippen molar-refractivity contribution in [3.63, 3.8) is 0 Å². The van der Waals surface area contributed by atoms with Crippen LogP contribution in [-0.4, -0.2) is 45.1 Å². The summed E-state index contributed by atoms with van der Waals surface area (Å²) in [7, 11) is 1.69. The van der Waals surface area contributed by atoms with E-state index in [1.807, 2.05) is 12.1 Å². The van der Waals surface area contributed by atoms with Crippen molar-refractivity contribution in [2.24, 2.45) is 0 Å². The van der Waals surface area contributed by atoms with Gasteiger partial charge in [-0.2, -0.15) is 0 Å². The minimum Gasteiger partial charge on any atom is -0.487 e. The molecular formula is C17H27NO3. The van der Waals surface area contributed by atoms with Crippen LogP contribution in [0.15, 0.2) is 24.3 Å². The number of nitrogens with one attached hydrogen (secondary N) is 1. The first-order valence-electron chi connectivity index (χ1n) is 7.88. The molecule has 0 aliphatic heterocycles. The number of rotatable bonds is 9. The van der Waals surface area contributed by atoms with Crippen molar-refractivity contribution >= 4 is 0 Å². The summed E-state index contributed by atoms with van der Waals surface area (Å²) in [5.41, 5.74) is 1.25. The molecule has 21 heavy (non-hydrogen) atoms. The van der Waals surface area contributed by atoms with E-state index in [2.05, 4.69) is 31.3 Å². The molecule has 1 aromatic rings. The highest BCUT2D eigenvalue weighted by Gasteiger charge is 2.43. The summed E-state index contributed by atoms with van der Waals surface area (Å²) in [4.78, 5) is 0. The quantitative estimate of drug-likeness (QED) is 0.710. The van der Waals surface area contributed by atoms with Crippen LogP contribution in [0.4, 0.5) is 0 Å². The average Bonchev–Trinajstić information content (AvgIpc) is 2.51. The van der Waals surface area contributed by atoms with E-state index in [0.29, 0.717) is 19.3 Å². The Morgan fingerprint density at radius 1 is 1.19 bits per heavy atom. The number of ether oxygens (including phenoxy) is 3. The van der Waals surface area contributed by atoms with Gasteiger partial charge in [0.15, 0.2) is 0 Å². The highest BCUT2D eigenvalue weighted by atomic mass is 16.6. The number of hydrogen-bond acceptors (Lipinski definition) is 4. The monoisotopic (exact) mass is 293 g/mol. The van der Waals surface area contributed by atoms with Gasteiger partial charge in [-0.1, -0.05) is 32.0 Å². The average molecular weight is 293 g/mol. The third-order valence-corrected chi connectivity index (χ3v) is 3.95. The Labute approximate surface area is 127 Å². The van der Waals surface area contributed by atoms with Gasteiger partial charge in [0.25, 0.3) is 0 Å². The van der Waals surface area contributed by atoms with Crippen LogP contribution in [0.2, 0.25) is 0 Å². The zero-order valence-electron chi connectivity index (χ0n) is 13.3. The topological polar surface area (TPSA) is 39.7 Å². The van der Waals surface area contributed by atoms with Gasteiger partial charge in [0.05, 0.1) is 13.2 Å². The standard InChI is InChI=1S/C17H27NO3/c1-4-13-8-6-7-9-15(13)21-16-12-14(18-5-2)17(16)20-11-10-19-3/h6-9,14,16-18H,4-5,10-12H2,1-3H3. The Morgan fingerprint density at radius 2 is 2.00 bits per heavy atom. The largest absolute Gasteiger partial charge is 0.487 e. The van der Waals surface area contributed by atoms with Crippen molar-refractivity contribution in [2.45, 2.75) is 44.9 Å². The van der Waals surface area contributed by atoms with Crippen LogP contribution in [0.25, 0.3) is 0 Å². The highest BCUT2D eigenvalue weighted by molar-refractivity contribution is 5.33. The summed E-state index contributed by atoms with van der Waals surface area (Å²) < 4.78 is 17.2. The molecule has 3 unspecified atom stereocenters. The van der Waals surface area contributed by atoms with E-state index >= 15 is 0 Å². The van der Waals surface area contributed by atoms with Crippen LogP contribution in [0.1, 0.15) is 25.8 Å². The second-order valence-electron chi connectivity index (χ2n) is 5.35. The zero-order valence-corrected chi connectivity index (χ0v) is 13.3. The molecule has 4 heteroatoms. The zero-order chi connectivity index (χ0) is 15.1. The second-order valence-corrected chi connectivity index (χ2v) is 5.35. The molecule has 1 N–H and O–H groups in total. The number of aryl methyl sites for hydroxylation is 1. The first kappa shape index (κ1) is 16.3. The summed E-state index contributed by atoms with van der Waals surface area (Å²) in [6.07, 6.45) is 2.20. The molecule has 0 bridgehead atoms. The third-order valence-electron chi connectivity index (χ3n) is 3.95. The van der Waals surface area contributed by atoms with Crippen molar-refractivity contribution in [3.05, 3.63) is 29.8 Å². The molecular weight excluding hydrogens is 266 g/mol. The summed E-state index contributed by atoms with van der Waals surface area (Å²) in [5, 5.41) is 3.46. The van der Waals surface area contributed by atoms with Gasteiger partial charge in [-0.25, -0.2) is 0 Å². The Morgan fingerprint density at radius 3 is 2.71 bits per heavy atom. The van der Waals surface area contributed by atoms with Gasteiger partial charge in [-0.3, -0.25) is 0 Å². The Bertz CT molecular complexity index is 424. The maximum atomic E-state index is 6.19. The fourth-order valence-corrected chi connectivity index (χ4v) is 2.72. The first-order valence-corrected chi connectivity index (χ1v) is 7.88. The molecule has 1 aromatic carbocycles. The minimum absolute atomic E-state index is 0.102. The number of likely N-dealkylation sites (N-methyl/N-ethyl adjacent to an activating group) is 1. The van der Waals surface area contributed by atoms with Crippen LogP contribution >= 0.6 is 0 Å². The SMILES string of the molecule is CCNC1CC(Oc2ccccc2CC)C1OCCOC. The van der Waals surface area contributed by atoms with Crippen LogP contribution in [-0.2, 0) is 15.9 Å². The van der Waals surface area contributed by atoms with E-state index in [-0.39, 0.29) is 12.2 Å². The molecule has 2 rings (SSSR count). The fourth-order valence-electron chi connectivity index (χ4n) is 2.72. The predicted molar refractivity (Wildman–Crippen MR) is 83.9 cm³/mol. The van der Waals surface area contributed by atoms with Gasteiger partial charge < -0.3 is 19.5 Å². The van der Waals surface area contributed by atoms with Crippen molar-refractivity contribution in [3.8, 4) is 5.75 Å². The van der Waals surface area contributed by atoms with Crippen LogP contribution in [0, 0.1) is 0 Å². The number of methoxy groups -OCH3 is 1. The Balaban J connectivity index is 1.94. The number of hydrogen-bond donors (Lipinski definition) is 1. The van der Waals surface area contributed by atoms with Gasteiger partial charge in [-0.15, -0.1) is 0 Å². The van der Waals surface area contributed by atoms with Gasteiger partial charge in [-0.05, 0) is 24.6 Å². The van der Waals surface area contributed by atoms with Crippen LogP contribution < -0.4 is 10.1 Å². The van der Waals surface area contributed by atoms with Crippen molar-refractivity contribution in [1.82, 2.24) is 5.32 Å². The van der Waals surface area contributed by atoms with Gasteiger partial charge in [0.2, 0.25) is 0 Å². The lowest BCUT2D eigenvalue weighted by Gasteiger charge is -2.44. The van der Waals surface area contributed by atoms with Crippen molar-refractivity contribution in [1.29, 1.82) is 0 Å². The summed E-state index contributed by atoms with van der Waals surface area (Å²) >= 11 is 0. The Kier molecular flexibility index (Phi) is 6.49. The van der Waals surface area contributed by atoms with Crippen molar-refractivity contribution in [2.75, 3.05) is 26.9 Å². The molecule has 0 amide bonds. The maximum Gasteiger partial charge on any atom is 0.128 e. The van der Waals surface area contributed by atoms with Gasteiger partial charge in [0, 0.05) is 19.6 Å². The highest BCUT2D eigenvalue weighted by Crippen LogP contribution is 2.31. The normalized spacial score (nSPS) is 24.6. The molecule has 3 atom stereocenters. The maximum absolute atomic E-state index is 6.19. The van der Waals surface area contributed by atoms with E-state index in [4.69, 9.17) is 14.2 Å². The second kappa shape index (κ2) is 8.37. The van der Waals surface area contributed by atoms with Crippen LogP contribution in [0.3, 0.4) is 0 Å². The lowest BCUT2D eigenvalue weighted by Crippen LogP contribution is -2.61. The molecule has 4 nitrogen and oxygen atoms in total. The molecule has 0 spiro atoms. The molecule has 0 heterocycles. The molecule has 1 aliphatic rings. The third kappa shape index (κ3) is 4.19. The molecule has 0 radical (unpaired) electrons. The van der Waals surface area contributed by atoms with E-state index < -0.39 is 0 Å². The van der Waals surface area contributed by atoms with Gasteiger partial charge >= 0.3 is 0 Å². The molecule has 1 aliphatic carbocycles. The number of para-hydroxylation sites is 1. The van der Waals surface area contributed by atoms with E-state index in [1.54, 1.807) is 7.11 Å². The molecule has 1 fully saturated rings. The predicted octanol–water partition coefficient (Wildman–Crippen LogP) is 2.41. The molecule has 1 saturated carbocycles. The van der Waals surface area contributed by atoms with Crippen LogP contribution in [0.5, 0.6) is 5.75 Å². The van der Waals surface area contributed by atoms with Crippen molar-refractivity contribution < 1.29 is 14.2 Å². The first-order chi connectivity index (χ1) is 10.3. The molecule has 118 valence electrons. The summed E-state index contributed by atoms with van der Waals surface area (Å²) in [5.74, 6) is 0.986. The smallest absolute Gasteiger partial charge is 0.128 e. The lowest BCUT2D eigenvalue weighted by atomic mass is 9.85. The number of benzene rings is 1. The molecule has 0 saturated heterocycles. The van der Waals surface area contributed by atoms with E-state index in [9.17, 15) is 0 Å². The minimum atomic E-state index is 0.102. The lowest BCUT2D eigenvalue weighted by molar-refractivity contribution is -0.115. The van der Waals surface area contributed by atoms with Gasteiger partial charge in [0.1, 0.15) is 18.0 Å². The summed E-state index contributed by atoms with van der Waals surface area (Å²) in [6, 6.07) is 8.63. The Hall–Kier alpha value is -1.10. The fraction of sp³-hybridized carbons (Fsp3) is 0.647.